The smallest absolute Gasteiger partial charge is 0.267 e. The molecule has 0 atom stereocenters. The van der Waals surface area contributed by atoms with Gasteiger partial charge in [0.15, 0.2) is 11.2 Å². The summed E-state index contributed by atoms with van der Waals surface area (Å²) in [7, 11) is 0. The number of carbonyl (C=O) groups excluding carboxylic acids is 1. The number of benzene rings is 3. The second kappa shape index (κ2) is 8.96. The minimum Gasteiger partial charge on any atom is -0.478 e. The first-order chi connectivity index (χ1) is 15.2. The van der Waals surface area contributed by atoms with Crippen molar-refractivity contribution in [1.29, 1.82) is 0 Å². The number of halogens is 2. The largest absolute Gasteiger partial charge is 0.478 e. The Labute approximate surface area is 199 Å². The molecule has 4 rings (SSSR count). The number of rotatable bonds is 6. The number of fused-ring (bicyclic) bond motifs is 1. The lowest BCUT2D eigenvalue weighted by Gasteiger charge is -2.25. The first kappa shape index (κ1) is 22.4. The van der Waals surface area contributed by atoms with Crippen LogP contribution in [0.2, 0.25) is 5.02 Å². The van der Waals surface area contributed by atoms with Crippen molar-refractivity contribution in [1.82, 2.24) is 4.98 Å². The third kappa shape index (κ3) is 4.81. The van der Waals surface area contributed by atoms with E-state index >= 15 is 0 Å². The first-order valence-electron chi connectivity index (χ1n) is 10.2. The molecular formula is C25H22BrClN2O3. The van der Waals surface area contributed by atoms with Crippen LogP contribution in [0.4, 0.5) is 5.69 Å². The van der Waals surface area contributed by atoms with Gasteiger partial charge in [0.2, 0.25) is 5.89 Å². The Morgan fingerprint density at radius 2 is 1.81 bits per heavy atom. The molecule has 0 bridgehead atoms. The molecule has 1 heterocycles. The van der Waals surface area contributed by atoms with Crippen molar-refractivity contribution in [3.63, 3.8) is 0 Å². The summed E-state index contributed by atoms with van der Waals surface area (Å²) < 4.78 is 12.7. The highest BCUT2D eigenvalue weighted by Crippen LogP contribution is 2.31. The number of anilines is 1. The van der Waals surface area contributed by atoms with Crippen LogP contribution in [-0.4, -0.2) is 16.5 Å². The maximum atomic E-state index is 12.8. The highest BCUT2D eigenvalue weighted by molar-refractivity contribution is 9.10. The molecule has 1 amide bonds. The van der Waals surface area contributed by atoms with E-state index in [9.17, 15) is 4.79 Å². The summed E-state index contributed by atoms with van der Waals surface area (Å²) in [5, 5.41) is 3.50. The summed E-state index contributed by atoms with van der Waals surface area (Å²) >= 11 is 9.46. The van der Waals surface area contributed by atoms with Gasteiger partial charge in [0.05, 0.1) is 4.47 Å². The molecule has 0 unspecified atom stereocenters. The summed E-state index contributed by atoms with van der Waals surface area (Å²) in [6.45, 7) is 5.53. The standard InChI is InChI=1S/C25H22BrClN2O3/c1-4-15-13-20(26)22-21(14-15)29-23(31-22)16-5-9-18(10-6-16)28-24(30)25(2,3)32-19-11-7-17(27)8-12-19/h5-14H,4H2,1-3H3,(H,28,30). The molecule has 1 N–H and O–H groups in total. The normalized spacial score (nSPS) is 11.5. The van der Waals surface area contributed by atoms with E-state index < -0.39 is 5.60 Å². The number of nitrogens with zero attached hydrogens (tertiary/aromatic N) is 1. The number of hydrogen-bond donors (Lipinski definition) is 1. The van der Waals surface area contributed by atoms with Crippen LogP contribution in [0.15, 0.2) is 69.6 Å². The predicted octanol–water partition coefficient (Wildman–Crippen LogP) is 7.27. The molecule has 0 saturated heterocycles. The van der Waals surface area contributed by atoms with Crippen molar-refractivity contribution in [2.24, 2.45) is 0 Å². The second-order valence-electron chi connectivity index (χ2n) is 7.90. The van der Waals surface area contributed by atoms with Gasteiger partial charge in [-0.15, -0.1) is 0 Å². The van der Waals surface area contributed by atoms with Crippen molar-refractivity contribution in [2.75, 3.05) is 5.32 Å². The number of carbonyl (C=O) groups is 1. The zero-order valence-corrected chi connectivity index (χ0v) is 20.3. The Balaban J connectivity index is 1.48. The molecule has 5 nitrogen and oxygen atoms in total. The number of ether oxygens (including phenoxy) is 1. The van der Waals surface area contributed by atoms with Gasteiger partial charge in [0.1, 0.15) is 11.3 Å². The van der Waals surface area contributed by atoms with Gasteiger partial charge in [-0.25, -0.2) is 4.98 Å². The molecule has 7 heteroatoms. The van der Waals surface area contributed by atoms with Crippen LogP contribution < -0.4 is 10.1 Å². The van der Waals surface area contributed by atoms with Crippen LogP contribution >= 0.6 is 27.5 Å². The molecule has 0 aliphatic rings. The molecule has 0 radical (unpaired) electrons. The fourth-order valence-corrected chi connectivity index (χ4v) is 3.90. The molecule has 32 heavy (non-hydrogen) atoms. The highest BCUT2D eigenvalue weighted by atomic mass is 79.9. The van der Waals surface area contributed by atoms with E-state index in [2.05, 4.69) is 33.2 Å². The van der Waals surface area contributed by atoms with E-state index in [1.807, 2.05) is 36.4 Å². The molecule has 0 aliphatic carbocycles. The number of nitrogens with one attached hydrogen (secondary N) is 1. The lowest BCUT2D eigenvalue weighted by Crippen LogP contribution is -2.42. The van der Waals surface area contributed by atoms with Crippen LogP contribution in [0, 0.1) is 0 Å². The fraction of sp³-hybridized carbons (Fsp3) is 0.200. The molecule has 164 valence electrons. The fourth-order valence-electron chi connectivity index (χ4n) is 3.20. The summed E-state index contributed by atoms with van der Waals surface area (Å²) in [4.78, 5) is 17.4. The van der Waals surface area contributed by atoms with Gasteiger partial charge in [0.25, 0.3) is 5.91 Å². The third-order valence-corrected chi connectivity index (χ3v) is 5.88. The Bertz CT molecular complexity index is 1270. The van der Waals surface area contributed by atoms with Crippen LogP contribution in [0.1, 0.15) is 26.3 Å². The summed E-state index contributed by atoms with van der Waals surface area (Å²) in [6, 6.07) is 18.3. The highest BCUT2D eigenvalue weighted by Gasteiger charge is 2.30. The van der Waals surface area contributed by atoms with Crippen molar-refractivity contribution in [2.45, 2.75) is 32.8 Å². The van der Waals surface area contributed by atoms with Crippen LogP contribution in [0.25, 0.3) is 22.6 Å². The monoisotopic (exact) mass is 512 g/mol. The Kier molecular flexibility index (Phi) is 6.26. The van der Waals surface area contributed by atoms with Crippen molar-refractivity contribution >= 4 is 50.2 Å². The number of oxazole rings is 1. The van der Waals surface area contributed by atoms with Gasteiger partial charge in [-0.1, -0.05) is 18.5 Å². The summed E-state index contributed by atoms with van der Waals surface area (Å²) in [6.07, 6.45) is 0.920. The van der Waals surface area contributed by atoms with Crippen LogP contribution in [0.3, 0.4) is 0 Å². The molecule has 0 fully saturated rings. The minimum atomic E-state index is -1.07. The van der Waals surface area contributed by atoms with Gasteiger partial charge >= 0.3 is 0 Å². The van der Waals surface area contributed by atoms with Gasteiger partial charge in [-0.2, -0.15) is 0 Å². The van der Waals surface area contributed by atoms with Gasteiger partial charge in [-0.3, -0.25) is 4.79 Å². The average molecular weight is 514 g/mol. The quantitative estimate of drug-likeness (QED) is 0.294. The van der Waals surface area contributed by atoms with E-state index in [1.165, 1.54) is 5.56 Å². The lowest BCUT2D eigenvalue weighted by molar-refractivity contribution is -0.128. The van der Waals surface area contributed by atoms with Gasteiger partial charge in [-0.05, 0) is 102 Å². The number of hydrogen-bond acceptors (Lipinski definition) is 4. The summed E-state index contributed by atoms with van der Waals surface area (Å²) in [5.41, 5.74) is 3.11. The SMILES string of the molecule is CCc1cc(Br)c2oc(-c3ccc(NC(=O)C(C)(C)Oc4ccc(Cl)cc4)cc3)nc2c1. The van der Waals surface area contributed by atoms with E-state index in [0.29, 0.717) is 22.4 Å². The van der Waals surface area contributed by atoms with Crippen molar-refractivity contribution in [3.05, 3.63) is 75.7 Å². The molecule has 0 saturated carbocycles. The molecule has 1 aromatic heterocycles. The average Bonchev–Trinajstić information content (AvgIpc) is 3.20. The Morgan fingerprint density at radius 1 is 1.12 bits per heavy atom. The summed E-state index contributed by atoms with van der Waals surface area (Å²) in [5.74, 6) is 0.828. The van der Waals surface area contributed by atoms with Gasteiger partial charge < -0.3 is 14.5 Å². The predicted molar refractivity (Wildman–Crippen MR) is 131 cm³/mol. The molecule has 4 aromatic rings. The topological polar surface area (TPSA) is 64.4 Å². The molecule has 3 aromatic carbocycles. The number of aryl methyl sites for hydroxylation is 1. The third-order valence-electron chi connectivity index (χ3n) is 5.04. The van der Waals surface area contributed by atoms with Crippen LogP contribution in [-0.2, 0) is 11.2 Å². The van der Waals surface area contributed by atoms with Crippen LogP contribution in [0.5, 0.6) is 5.75 Å². The zero-order chi connectivity index (χ0) is 22.9. The number of amides is 1. The molecular weight excluding hydrogens is 492 g/mol. The first-order valence-corrected chi connectivity index (χ1v) is 11.4. The zero-order valence-electron chi connectivity index (χ0n) is 17.9. The molecule has 0 aliphatic heterocycles. The van der Waals surface area contributed by atoms with Crippen molar-refractivity contribution in [3.8, 4) is 17.2 Å². The van der Waals surface area contributed by atoms with E-state index in [0.717, 1.165) is 27.6 Å². The van der Waals surface area contributed by atoms with E-state index in [-0.39, 0.29) is 5.91 Å². The van der Waals surface area contributed by atoms with E-state index in [4.69, 9.17) is 20.8 Å². The maximum absolute atomic E-state index is 12.8. The Morgan fingerprint density at radius 3 is 2.47 bits per heavy atom. The van der Waals surface area contributed by atoms with Gasteiger partial charge in [0, 0.05) is 16.3 Å². The van der Waals surface area contributed by atoms with E-state index in [1.54, 1.807) is 38.1 Å². The molecule has 0 spiro atoms. The second-order valence-corrected chi connectivity index (χ2v) is 9.19. The number of aromatic nitrogens is 1. The van der Waals surface area contributed by atoms with Crippen molar-refractivity contribution < 1.29 is 13.9 Å². The minimum absolute atomic E-state index is 0.266. The lowest BCUT2D eigenvalue weighted by atomic mass is 10.1. The Hall–Kier alpha value is -2.83. The maximum Gasteiger partial charge on any atom is 0.267 e.